The van der Waals surface area contributed by atoms with Crippen LogP contribution in [-0.4, -0.2) is 13.2 Å². The monoisotopic (exact) mass is 258 g/mol. The quantitative estimate of drug-likeness (QED) is 0.901. The Bertz CT molecular complexity index is 488. The van der Waals surface area contributed by atoms with Crippen LogP contribution in [-0.2, 0) is 6.54 Å². The summed E-state index contributed by atoms with van der Waals surface area (Å²) in [6, 6.07) is 8.32. The molecule has 1 unspecified atom stereocenters. The van der Waals surface area contributed by atoms with E-state index in [1.54, 1.807) is 13.2 Å². The average Bonchev–Trinajstić information content (AvgIpc) is 2.75. The van der Waals surface area contributed by atoms with Gasteiger partial charge in [-0.25, -0.2) is 0 Å². The fourth-order valence-electron chi connectivity index (χ4n) is 2.85. The van der Waals surface area contributed by atoms with Crippen LogP contribution in [0.25, 0.3) is 0 Å². The molecule has 0 amide bonds. The van der Waals surface area contributed by atoms with Gasteiger partial charge in [0.1, 0.15) is 5.75 Å². The first-order valence-corrected chi connectivity index (χ1v) is 6.84. The van der Waals surface area contributed by atoms with Crippen molar-refractivity contribution in [1.29, 1.82) is 5.26 Å². The zero-order chi connectivity index (χ0) is 13.9. The molecule has 1 aliphatic carbocycles. The van der Waals surface area contributed by atoms with Crippen LogP contribution in [0.15, 0.2) is 18.2 Å². The van der Waals surface area contributed by atoms with E-state index in [2.05, 4.69) is 25.2 Å². The first kappa shape index (κ1) is 13.9. The molecule has 1 aromatic rings. The minimum absolute atomic E-state index is 0.455. The van der Waals surface area contributed by atoms with E-state index in [0.717, 1.165) is 17.9 Å². The van der Waals surface area contributed by atoms with Gasteiger partial charge in [-0.3, -0.25) is 0 Å². The van der Waals surface area contributed by atoms with Crippen molar-refractivity contribution in [3.63, 3.8) is 0 Å². The number of hydrogen-bond acceptors (Lipinski definition) is 3. The summed E-state index contributed by atoms with van der Waals surface area (Å²) < 4.78 is 5.35. The van der Waals surface area contributed by atoms with Crippen LogP contribution in [0, 0.1) is 16.7 Å². The van der Waals surface area contributed by atoms with E-state index in [0.29, 0.717) is 17.0 Å². The van der Waals surface area contributed by atoms with E-state index in [1.807, 2.05) is 12.1 Å². The number of rotatable bonds is 4. The molecule has 102 valence electrons. The highest BCUT2D eigenvalue weighted by Gasteiger charge is 2.30. The van der Waals surface area contributed by atoms with E-state index < -0.39 is 0 Å². The summed E-state index contributed by atoms with van der Waals surface area (Å²) in [6.07, 6.45) is 3.72. The van der Waals surface area contributed by atoms with Gasteiger partial charge in [0.25, 0.3) is 0 Å². The number of hydrogen-bond donors (Lipinski definition) is 1. The predicted octanol–water partition coefficient (Wildman–Crippen LogP) is 3.24. The first-order chi connectivity index (χ1) is 9.04. The Hall–Kier alpha value is -1.53. The lowest BCUT2D eigenvalue weighted by atomic mass is 9.92. The van der Waals surface area contributed by atoms with Crippen LogP contribution in [0.1, 0.15) is 44.2 Å². The molecule has 0 aliphatic heterocycles. The topological polar surface area (TPSA) is 45.0 Å². The molecule has 1 atom stereocenters. The van der Waals surface area contributed by atoms with Gasteiger partial charge >= 0.3 is 0 Å². The zero-order valence-corrected chi connectivity index (χ0v) is 12.0. The summed E-state index contributed by atoms with van der Waals surface area (Å²) in [5.41, 5.74) is 2.20. The molecule has 0 spiro atoms. The maximum absolute atomic E-state index is 8.96. The van der Waals surface area contributed by atoms with Crippen molar-refractivity contribution in [2.24, 2.45) is 5.41 Å². The van der Waals surface area contributed by atoms with Crippen LogP contribution in [0.5, 0.6) is 5.75 Å². The third-order valence-electron chi connectivity index (χ3n) is 3.96. The second-order valence-corrected chi connectivity index (χ2v) is 6.12. The largest absolute Gasteiger partial charge is 0.496 e. The van der Waals surface area contributed by atoms with Crippen molar-refractivity contribution in [1.82, 2.24) is 5.32 Å². The minimum atomic E-state index is 0.455. The molecule has 0 heterocycles. The molecule has 1 aromatic carbocycles. The maximum atomic E-state index is 8.96. The highest BCUT2D eigenvalue weighted by Crippen LogP contribution is 2.37. The lowest BCUT2D eigenvalue weighted by Gasteiger charge is -2.18. The number of methoxy groups -OCH3 is 1. The van der Waals surface area contributed by atoms with Gasteiger partial charge in [0.05, 0.1) is 18.7 Å². The predicted molar refractivity (Wildman–Crippen MR) is 76.0 cm³/mol. The van der Waals surface area contributed by atoms with Crippen molar-refractivity contribution in [2.75, 3.05) is 7.11 Å². The minimum Gasteiger partial charge on any atom is -0.496 e. The van der Waals surface area contributed by atoms with E-state index in [9.17, 15) is 0 Å². The maximum Gasteiger partial charge on any atom is 0.123 e. The number of ether oxygens (including phenoxy) is 1. The summed E-state index contributed by atoms with van der Waals surface area (Å²) in [7, 11) is 1.67. The lowest BCUT2D eigenvalue weighted by Crippen LogP contribution is -2.27. The highest BCUT2D eigenvalue weighted by atomic mass is 16.5. The zero-order valence-electron chi connectivity index (χ0n) is 12.0. The molecule has 1 fully saturated rings. The van der Waals surface area contributed by atoms with Crippen LogP contribution in [0.3, 0.4) is 0 Å². The Kier molecular flexibility index (Phi) is 4.11. The van der Waals surface area contributed by atoms with Gasteiger partial charge < -0.3 is 10.1 Å². The highest BCUT2D eigenvalue weighted by molar-refractivity contribution is 5.42. The summed E-state index contributed by atoms with van der Waals surface area (Å²) in [4.78, 5) is 0. The van der Waals surface area contributed by atoms with E-state index >= 15 is 0 Å². The fourth-order valence-corrected chi connectivity index (χ4v) is 2.85. The van der Waals surface area contributed by atoms with E-state index in [-0.39, 0.29) is 0 Å². The fraction of sp³-hybridized carbons (Fsp3) is 0.562. The van der Waals surface area contributed by atoms with Crippen LogP contribution in [0.4, 0.5) is 0 Å². The molecule has 3 heteroatoms. The number of benzene rings is 1. The second kappa shape index (κ2) is 5.63. The van der Waals surface area contributed by atoms with Gasteiger partial charge in [-0.2, -0.15) is 5.26 Å². The van der Waals surface area contributed by atoms with Crippen LogP contribution in [0.2, 0.25) is 0 Å². The van der Waals surface area contributed by atoms with Crippen LogP contribution >= 0.6 is 0 Å². The molecule has 1 N–H and O–H groups in total. The van der Waals surface area contributed by atoms with Crippen molar-refractivity contribution < 1.29 is 4.74 Å². The Morgan fingerprint density at radius 2 is 2.26 bits per heavy atom. The first-order valence-electron chi connectivity index (χ1n) is 6.84. The summed E-state index contributed by atoms with van der Waals surface area (Å²) in [5.74, 6) is 0.851. The number of nitriles is 1. The molecule has 1 saturated carbocycles. The molecule has 2 rings (SSSR count). The Labute approximate surface area is 115 Å². The standard InChI is InChI=1S/C16H22N2O/c1-16(2)7-6-14(9-16)18-11-13-8-12(10-17)4-5-15(13)19-3/h4-5,8,14,18H,6-7,9,11H2,1-3H3. The van der Waals surface area contributed by atoms with Gasteiger partial charge in [-0.05, 0) is 42.9 Å². The molecule has 3 nitrogen and oxygen atoms in total. The molecule has 0 bridgehead atoms. The molecule has 1 aliphatic rings. The third kappa shape index (κ3) is 3.48. The normalized spacial score (nSPS) is 21.1. The van der Waals surface area contributed by atoms with Crippen molar-refractivity contribution in [3.05, 3.63) is 29.3 Å². The van der Waals surface area contributed by atoms with Gasteiger partial charge in [-0.15, -0.1) is 0 Å². The van der Waals surface area contributed by atoms with Gasteiger partial charge in [0.2, 0.25) is 0 Å². The number of nitrogens with one attached hydrogen (secondary N) is 1. The molecular formula is C16H22N2O. The Morgan fingerprint density at radius 3 is 2.84 bits per heavy atom. The van der Waals surface area contributed by atoms with Crippen molar-refractivity contribution in [3.8, 4) is 11.8 Å². The molecule has 0 saturated heterocycles. The summed E-state index contributed by atoms with van der Waals surface area (Å²) in [5, 5.41) is 12.6. The van der Waals surface area contributed by atoms with Gasteiger partial charge in [0.15, 0.2) is 0 Å². The van der Waals surface area contributed by atoms with Crippen molar-refractivity contribution in [2.45, 2.75) is 45.7 Å². The van der Waals surface area contributed by atoms with E-state index in [1.165, 1.54) is 19.3 Å². The Balaban J connectivity index is 2.01. The summed E-state index contributed by atoms with van der Waals surface area (Å²) in [6.45, 7) is 5.41. The number of nitrogens with zero attached hydrogens (tertiary/aromatic N) is 1. The van der Waals surface area contributed by atoms with Gasteiger partial charge in [0, 0.05) is 18.2 Å². The molecule has 19 heavy (non-hydrogen) atoms. The molecule has 0 aromatic heterocycles. The SMILES string of the molecule is COc1ccc(C#N)cc1CNC1CCC(C)(C)C1. The third-order valence-corrected chi connectivity index (χ3v) is 3.96. The summed E-state index contributed by atoms with van der Waals surface area (Å²) >= 11 is 0. The Morgan fingerprint density at radius 1 is 1.47 bits per heavy atom. The average molecular weight is 258 g/mol. The van der Waals surface area contributed by atoms with Crippen LogP contribution < -0.4 is 10.1 Å². The smallest absolute Gasteiger partial charge is 0.123 e. The molecular weight excluding hydrogens is 236 g/mol. The molecule has 0 radical (unpaired) electrons. The lowest BCUT2D eigenvalue weighted by molar-refractivity contribution is 0.362. The second-order valence-electron chi connectivity index (χ2n) is 6.12. The van der Waals surface area contributed by atoms with Gasteiger partial charge in [-0.1, -0.05) is 13.8 Å². The van der Waals surface area contributed by atoms with Crippen molar-refractivity contribution >= 4 is 0 Å². The van der Waals surface area contributed by atoms with E-state index in [4.69, 9.17) is 10.00 Å².